The topological polar surface area (TPSA) is 87.0 Å². The van der Waals surface area contributed by atoms with Crippen LogP contribution in [0.5, 0.6) is 17.2 Å². The van der Waals surface area contributed by atoms with Crippen LogP contribution < -0.4 is 4.74 Å². The monoisotopic (exact) mass is 272 g/mol. The molecule has 2 aromatic rings. The fourth-order valence-electron chi connectivity index (χ4n) is 2.24. The summed E-state index contributed by atoms with van der Waals surface area (Å²) in [5, 5.41) is 29.0. The summed E-state index contributed by atoms with van der Waals surface area (Å²) in [5.41, 5.74) is 0.714. The Morgan fingerprint density at radius 1 is 1.00 bits per heavy atom. The minimum atomic E-state index is -1.35. The second-order valence-electron chi connectivity index (χ2n) is 4.60. The van der Waals surface area contributed by atoms with E-state index < -0.39 is 23.7 Å². The zero-order valence-electron chi connectivity index (χ0n) is 10.4. The van der Waals surface area contributed by atoms with E-state index in [4.69, 9.17) is 4.74 Å². The van der Waals surface area contributed by atoms with Crippen molar-refractivity contribution in [3.05, 3.63) is 53.6 Å². The van der Waals surface area contributed by atoms with Gasteiger partial charge in [0.15, 0.2) is 29.5 Å². The lowest BCUT2D eigenvalue weighted by Crippen LogP contribution is -2.36. The van der Waals surface area contributed by atoms with E-state index in [9.17, 15) is 20.1 Å². The number of hydrogen-bond acceptors (Lipinski definition) is 5. The first-order chi connectivity index (χ1) is 9.58. The number of ketones is 1. The predicted octanol–water partition coefficient (Wildman–Crippen LogP) is 1.78. The van der Waals surface area contributed by atoms with Gasteiger partial charge >= 0.3 is 0 Å². The quantitative estimate of drug-likeness (QED) is 0.689. The summed E-state index contributed by atoms with van der Waals surface area (Å²) in [5.74, 6) is -1.20. The molecule has 1 heterocycles. The van der Waals surface area contributed by atoms with Gasteiger partial charge in [0.05, 0.1) is 5.56 Å². The number of hydrogen-bond donors (Lipinski definition) is 3. The number of phenols is 2. The first kappa shape index (κ1) is 12.5. The van der Waals surface area contributed by atoms with Gasteiger partial charge in [-0.05, 0) is 11.6 Å². The smallest absolute Gasteiger partial charge is 0.199 e. The van der Waals surface area contributed by atoms with Crippen LogP contribution in [0.4, 0.5) is 0 Å². The van der Waals surface area contributed by atoms with Crippen molar-refractivity contribution in [1.82, 2.24) is 0 Å². The van der Waals surface area contributed by atoms with Crippen LogP contribution in [0.2, 0.25) is 0 Å². The summed E-state index contributed by atoms with van der Waals surface area (Å²) >= 11 is 0. The number of phenolic OH excluding ortho intramolecular Hbond substituents is 2. The van der Waals surface area contributed by atoms with Crippen molar-refractivity contribution in [3.63, 3.8) is 0 Å². The fourth-order valence-corrected chi connectivity index (χ4v) is 2.24. The van der Waals surface area contributed by atoms with Crippen molar-refractivity contribution in [2.45, 2.75) is 12.2 Å². The van der Waals surface area contributed by atoms with Crippen molar-refractivity contribution in [2.75, 3.05) is 0 Å². The third-order valence-corrected chi connectivity index (χ3v) is 3.28. The average molecular weight is 272 g/mol. The van der Waals surface area contributed by atoms with Gasteiger partial charge in [-0.15, -0.1) is 0 Å². The number of aliphatic hydroxyl groups is 1. The number of fused-ring (bicyclic) bond motifs is 1. The Labute approximate surface area is 114 Å². The minimum Gasteiger partial charge on any atom is -0.504 e. The van der Waals surface area contributed by atoms with E-state index >= 15 is 0 Å². The normalized spacial score (nSPS) is 21.1. The molecule has 3 N–H and O–H groups in total. The Morgan fingerprint density at radius 2 is 1.65 bits per heavy atom. The lowest BCUT2D eigenvalue weighted by atomic mass is 9.93. The molecular weight excluding hydrogens is 260 g/mol. The second-order valence-corrected chi connectivity index (χ2v) is 4.60. The van der Waals surface area contributed by atoms with Crippen LogP contribution in [0.1, 0.15) is 22.0 Å². The van der Waals surface area contributed by atoms with E-state index in [1.807, 2.05) is 6.07 Å². The maximum atomic E-state index is 12.1. The highest BCUT2D eigenvalue weighted by molar-refractivity contribution is 6.03. The molecule has 5 nitrogen and oxygen atoms in total. The fraction of sp³-hybridized carbons (Fsp3) is 0.133. The molecule has 20 heavy (non-hydrogen) atoms. The van der Waals surface area contributed by atoms with Crippen LogP contribution >= 0.6 is 0 Å². The molecule has 0 aromatic heterocycles. The minimum absolute atomic E-state index is 0.0555. The van der Waals surface area contributed by atoms with Gasteiger partial charge in [-0.3, -0.25) is 4.79 Å². The van der Waals surface area contributed by atoms with Gasteiger partial charge in [0.1, 0.15) is 5.75 Å². The number of ether oxygens (including phenoxy) is 1. The molecule has 0 bridgehead atoms. The molecule has 0 radical (unpaired) electrons. The Kier molecular flexibility index (Phi) is 2.84. The van der Waals surface area contributed by atoms with Crippen LogP contribution in [0, 0.1) is 0 Å². The van der Waals surface area contributed by atoms with Crippen LogP contribution in [-0.4, -0.2) is 27.2 Å². The number of benzene rings is 2. The summed E-state index contributed by atoms with van der Waals surface area (Å²) in [6, 6.07) is 11.1. The van der Waals surface area contributed by atoms with E-state index in [2.05, 4.69) is 0 Å². The summed E-state index contributed by atoms with van der Waals surface area (Å²) in [6.45, 7) is 0. The van der Waals surface area contributed by atoms with Crippen molar-refractivity contribution >= 4 is 5.78 Å². The molecule has 102 valence electrons. The molecule has 0 saturated carbocycles. The predicted molar refractivity (Wildman–Crippen MR) is 69.9 cm³/mol. The SMILES string of the molecule is O=C1c2cc(O)c(O)cc2OC(c2ccccc2)C1O. The molecule has 0 saturated heterocycles. The van der Waals surface area contributed by atoms with Gasteiger partial charge in [-0.1, -0.05) is 30.3 Å². The van der Waals surface area contributed by atoms with Crippen molar-refractivity contribution < 1.29 is 24.9 Å². The van der Waals surface area contributed by atoms with Gasteiger partial charge in [0.2, 0.25) is 0 Å². The van der Waals surface area contributed by atoms with Crippen molar-refractivity contribution in [2.24, 2.45) is 0 Å². The number of aromatic hydroxyl groups is 2. The number of rotatable bonds is 1. The van der Waals surface area contributed by atoms with Crippen LogP contribution in [-0.2, 0) is 0 Å². The Balaban J connectivity index is 2.07. The molecule has 2 aromatic carbocycles. The van der Waals surface area contributed by atoms with Crippen LogP contribution in [0.3, 0.4) is 0 Å². The summed E-state index contributed by atoms with van der Waals surface area (Å²) in [7, 11) is 0. The lowest BCUT2D eigenvalue weighted by Gasteiger charge is -2.29. The maximum absolute atomic E-state index is 12.1. The highest BCUT2D eigenvalue weighted by Crippen LogP contribution is 2.40. The lowest BCUT2D eigenvalue weighted by molar-refractivity contribution is 0.0215. The Bertz CT molecular complexity index is 665. The average Bonchev–Trinajstić information content (AvgIpc) is 2.46. The number of carbonyl (C=O) groups is 1. The van der Waals surface area contributed by atoms with E-state index in [1.165, 1.54) is 6.07 Å². The first-order valence-electron chi connectivity index (χ1n) is 6.08. The Hall–Kier alpha value is -2.53. The number of aliphatic hydroxyl groups excluding tert-OH is 1. The molecule has 0 amide bonds. The zero-order chi connectivity index (χ0) is 14.3. The van der Waals surface area contributed by atoms with Crippen molar-refractivity contribution in [3.8, 4) is 17.2 Å². The van der Waals surface area contributed by atoms with Gasteiger partial charge in [0.25, 0.3) is 0 Å². The summed E-state index contributed by atoms with van der Waals surface area (Å²) < 4.78 is 5.59. The van der Waals surface area contributed by atoms with Crippen LogP contribution in [0.15, 0.2) is 42.5 Å². The zero-order valence-corrected chi connectivity index (χ0v) is 10.4. The van der Waals surface area contributed by atoms with Gasteiger partial charge in [-0.2, -0.15) is 0 Å². The molecule has 0 spiro atoms. The summed E-state index contributed by atoms with van der Waals surface area (Å²) in [4.78, 5) is 12.1. The van der Waals surface area contributed by atoms with E-state index in [0.29, 0.717) is 5.56 Å². The summed E-state index contributed by atoms with van der Waals surface area (Å²) in [6.07, 6.45) is -2.19. The molecule has 2 atom stereocenters. The molecule has 2 unspecified atom stereocenters. The maximum Gasteiger partial charge on any atom is 0.199 e. The number of carbonyl (C=O) groups excluding carboxylic acids is 1. The standard InChI is InChI=1S/C15H12O5/c16-10-6-9-12(7-11(10)17)20-15(14(19)13(9)18)8-4-2-1-3-5-8/h1-7,14-17,19H. The van der Waals surface area contributed by atoms with E-state index in [-0.39, 0.29) is 17.1 Å². The van der Waals surface area contributed by atoms with E-state index in [0.717, 1.165) is 6.07 Å². The molecule has 0 aliphatic carbocycles. The largest absolute Gasteiger partial charge is 0.504 e. The number of Topliss-reactive ketones (excluding diaryl/α,β-unsaturated/α-hetero) is 1. The van der Waals surface area contributed by atoms with Gasteiger partial charge in [0, 0.05) is 6.07 Å². The first-order valence-corrected chi connectivity index (χ1v) is 6.08. The molecule has 0 fully saturated rings. The molecule has 1 aliphatic rings. The highest BCUT2D eigenvalue weighted by Gasteiger charge is 2.37. The molecule has 1 aliphatic heterocycles. The molecule has 3 rings (SSSR count). The second kappa shape index (κ2) is 4.54. The Morgan fingerprint density at radius 3 is 2.35 bits per heavy atom. The van der Waals surface area contributed by atoms with Crippen molar-refractivity contribution in [1.29, 1.82) is 0 Å². The highest BCUT2D eigenvalue weighted by atomic mass is 16.5. The third kappa shape index (κ3) is 1.88. The molecule has 5 heteroatoms. The molecular formula is C15H12O5. The van der Waals surface area contributed by atoms with Gasteiger partial charge < -0.3 is 20.1 Å². The van der Waals surface area contributed by atoms with Gasteiger partial charge in [-0.25, -0.2) is 0 Å². The third-order valence-electron chi connectivity index (χ3n) is 3.28. The van der Waals surface area contributed by atoms with Crippen LogP contribution in [0.25, 0.3) is 0 Å². The van der Waals surface area contributed by atoms with E-state index in [1.54, 1.807) is 24.3 Å².